The van der Waals surface area contributed by atoms with Gasteiger partial charge in [0, 0.05) is 17.1 Å². The molecule has 2 amide bonds. The van der Waals surface area contributed by atoms with Crippen molar-refractivity contribution >= 4 is 34.7 Å². The van der Waals surface area contributed by atoms with Crippen LogP contribution in [0.4, 0.5) is 0 Å². The lowest BCUT2D eigenvalue weighted by Gasteiger charge is -2.49. The Labute approximate surface area is 159 Å². The number of ether oxygens (including phenoxy) is 1. The van der Waals surface area contributed by atoms with Crippen LogP contribution in [0, 0.1) is 0 Å². The third-order valence-electron chi connectivity index (χ3n) is 5.08. The molecule has 1 aromatic heterocycles. The zero-order valence-corrected chi connectivity index (χ0v) is 15.5. The Balaban J connectivity index is 1.56. The van der Waals surface area contributed by atoms with Gasteiger partial charge < -0.3 is 19.9 Å². The first kappa shape index (κ1) is 17.9. The van der Waals surface area contributed by atoms with Crippen molar-refractivity contribution in [1.29, 1.82) is 0 Å². The molecule has 3 atom stereocenters. The molecule has 2 saturated heterocycles. The van der Waals surface area contributed by atoms with Gasteiger partial charge in [-0.1, -0.05) is 6.07 Å². The Hall–Kier alpha value is -2.52. The van der Waals surface area contributed by atoms with Crippen LogP contribution in [0.1, 0.15) is 18.2 Å². The van der Waals surface area contributed by atoms with E-state index in [1.54, 1.807) is 4.90 Å². The van der Waals surface area contributed by atoms with Gasteiger partial charge in [0.2, 0.25) is 11.6 Å². The topological polar surface area (TPSA) is 96.0 Å². The maximum atomic E-state index is 12.8. The summed E-state index contributed by atoms with van der Waals surface area (Å²) in [5.74, 6) is -2.84. The van der Waals surface area contributed by atoms with Crippen molar-refractivity contribution in [2.75, 3.05) is 13.2 Å². The fourth-order valence-electron chi connectivity index (χ4n) is 3.66. The zero-order chi connectivity index (χ0) is 19.1. The van der Waals surface area contributed by atoms with Crippen LogP contribution in [0.2, 0.25) is 0 Å². The van der Waals surface area contributed by atoms with Gasteiger partial charge in [-0.2, -0.15) is 0 Å². The number of ketones is 2. The van der Waals surface area contributed by atoms with Gasteiger partial charge in [-0.15, -0.1) is 11.3 Å². The van der Waals surface area contributed by atoms with Crippen molar-refractivity contribution in [3.05, 3.63) is 34.2 Å². The molecule has 27 heavy (non-hydrogen) atoms. The van der Waals surface area contributed by atoms with Gasteiger partial charge in [0.15, 0.2) is 6.04 Å². The molecule has 1 aromatic rings. The molecule has 0 spiro atoms. The van der Waals surface area contributed by atoms with Crippen LogP contribution < -0.4 is 5.32 Å². The average molecular weight is 389 g/mol. The summed E-state index contributed by atoms with van der Waals surface area (Å²) in [5.41, 5.74) is -0.238. The first-order chi connectivity index (χ1) is 13.0. The van der Waals surface area contributed by atoms with Crippen molar-refractivity contribution < 1.29 is 23.9 Å². The maximum absolute atomic E-state index is 12.8. The van der Waals surface area contributed by atoms with E-state index in [0.29, 0.717) is 13.0 Å². The standard InChI is InChI=1S/C18H19N3O5S/c1-10-4-5-26-13-9-20-8-12(17(24)19-7-11-3-2-6-27-11)15(22)16(23)14(20)18(25)21(10)13/h2-3,6,8,10,13-14H,4-5,7,9H2,1H3,(H,19,24)/t10-,13+,14?/m1/s1. The number of rotatable bonds is 3. The molecule has 2 fully saturated rings. The van der Waals surface area contributed by atoms with Crippen LogP contribution in [-0.4, -0.2) is 64.6 Å². The third-order valence-corrected chi connectivity index (χ3v) is 5.95. The zero-order valence-electron chi connectivity index (χ0n) is 14.7. The maximum Gasteiger partial charge on any atom is 0.257 e. The number of Topliss-reactive ketones (excluding diaryl/α,β-unsaturated/α-hetero) is 2. The number of amides is 2. The predicted octanol–water partition coefficient (Wildman–Crippen LogP) is 0.0477. The Bertz CT molecular complexity index is 834. The van der Waals surface area contributed by atoms with Crippen molar-refractivity contribution in [1.82, 2.24) is 15.1 Å². The Morgan fingerprint density at radius 1 is 1.37 bits per heavy atom. The number of thiophene rings is 1. The fourth-order valence-corrected chi connectivity index (χ4v) is 4.30. The van der Waals surface area contributed by atoms with Gasteiger partial charge >= 0.3 is 0 Å². The minimum absolute atomic E-state index is 0.0548. The molecule has 0 radical (unpaired) electrons. The first-order valence-corrected chi connectivity index (χ1v) is 9.66. The van der Waals surface area contributed by atoms with E-state index in [2.05, 4.69) is 5.32 Å². The molecule has 1 unspecified atom stereocenters. The average Bonchev–Trinajstić information content (AvgIpc) is 3.16. The number of piperazine rings is 1. The second-order valence-corrected chi connectivity index (χ2v) is 7.84. The number of nitrogens with one attached hydrogen (secondary N) is 1. The molecule has 0 aliphatic carbocycles. The van der Waals surface area contributed by atoms with Crippen LogP contribution >= 0.6 is 11.3 Å². The molecule has 3 aliphatic heterocycles. The van der Waals surface area contributed by atoms with Crippen LogP contribution in [-0.2, 0) is 30.5 Å². The molecule has 0 aromatic carbocycles. The summed E-state index contributed by atoms with van der Waals surface area (Å²) in [6, 6.07) is 2.47. The minimum Gasteiger partial charge on any atom is -0.356 e. The number of hydrogen-bond donors (Lipinski definition) is 1. The molecule has 9 heteroatoms. The number of hydrogen-bond acceptors (Lipinski definition) is 7. The van der Waals surface area contributed by atoms with Gasteiger partial charge in [0.25, 0.3) is 11.8 Å². The van der Waals surface area contributed by atoms with Gasteiger partial charge in [0.1, 0.15) is 11.8 Å². The van der Waals surface area contributed by atoms with Gasteiger partial charge in [-0.05, 0) is 24.8 Å². The lowest BCUT2D eigenvalue weighted by molar-refractivity contribution is -0.185. The van der Waals surface area contributed by atoms with E-state index >= 15 is 0 Å². The van der Waals surface area contributed by atoms with E-state index in [0.717, 1.165) is 4.88 Å². The number of nitrogens with zero attached hydrogens (tertiary/aromatic N) is 2. The molecular formula is C18H19N3O5S. The fraction of sp³-hybridized carbons (Fsp3) is 0.444. The Morgan fingerprint density at radius 2 is 2.19 bits per heavy atom. The number of carbonyl (C=O) groups is 4. The number of fused-ring (bicyclic) bond motifs is 2. The molecular weight excluding hydrogens is 370 g/mol. The summed E-state index contributed by atoms with van der Waals surface area (Å²) in [6.07, 6.45) is 1.53. The quantitative estimate of drug-likeness (QED) is 0.446. The SMILES string of the molecule is C[C@@H]1CCO[C@H]2CN3C=C(C(=O)NCc4cccs4)C(=O)C(=O)C3C(=O)N12. The molecule has 3 aliphatic rings. The van der Waals surface area contributed by atoms with E-state index in [4.69, 9.17) is 4.74 Å². The normalized spacial score (nSPS) is 27.8. The summed E-state index contributed by atoms with van der Waals surface area (Å²) in [7, 11) is 0. The highest BCUT2D eigenvalue weighted by Crippen LogP contribution is 2.29. The molecule has 1 N–H and O–H groups in total. The van der Waals surface area contributed by atoms with Gasteiger partial charge in [0.05, 0.1) is 19.7 Å². The highest BCUT2D eigenvalue weighted by atomic mass is 32.1. The Morgan fingerprint density at radius 3 is 2.93 bits per heavy atom. The highest BCUT2D eigenvalue weighted by Gasteiger charge is 2.51. The van der Waals surface area contributed by atoms with E-state index < -0.39 is 35.7 Å². The van der Waals surface area contributed by atoms with Crippen LogP contribution in [0.3, 0.4) is 0 Å². The predicted molar refractivity (Wildman–Crippen MR) is 95.4 cm³/mol. The number of carbonyl (C=O) groups excluding carboxylic acids is 4. The molecule has 0 bridgehead atoms. The van der Waals surface area contributed by atoms with Gasteiger partial charge in [-0.25, -0.2) is 0 Å². The monoisotopic (exact) mass is 389 g/mol. The Kier molecular flexibility index (Phi) is 4.56. The second kappa shape index (κ2) is 6.90. The first-order valence-electron chi connectivity index (χ1n) is 8.78. The minimum atomic E-state index is -1.20. The van der Waals surface area contributed by atoms with Gasteiger partial charge in [-0.3, -0.25) is 19.2 Å². The summed E-state index contributed by atoms with van der Waals surface area (Å²) in [4.78, 5) is 54.3. The third kappa shape index (κ3) is 3.06. The summed E-state index contributed by atoms with van der Waals surface area (Å²) in [6.45, 7) is 2.95. The summed E-state index contributed by atoms with van der Waals surface area (Å²) < 4.78 is 5.66. The summed E-state index contributed by atoms with van der Waals surface area (Å²) >= 11 is 1.48. The largest absolute Gasteiger partial charge is 0.356 e. The van der Waals surface area contributed by atoms with E-state index in [1.807, 2.05) is 24.4 Å². The van der Waals surface area contributed by atoms with Crippen molar-refractivity contribution in [2.45, 2.75) is 38.2 Å². The molecule has 8 nitrogen and oxygen atoms in total. The highest BCUT2D eigenvalue weighted by molar-refractivity contribution is 7.09. The lowest BCUT2D eigenvalue weighted by atomic mass is 9.92. The van der Waals surface area contributed by atoms with Crippen LogP contribution in [0.15, 0.2) is 29.3 Å². The van der Waals surface area contributed by atoms with Crippen LogP contribution in [0.5, 0.6) is 0 Å². The summed E-state index contributed by atoms with van der Waals surface area (Å²) in [5, 5.41) is 4.54. The molecule has 4 heterocycles. The second-order valence-electron chi connectivity index (χ2n) is 6.81. The molecule has 142 valence electrons. The van der Waals surface area contributed by atoms with Crippen molar-refractivity contribution in [2.24, 2.45) is 0 Å². The smallest absolute Gasteiger partial charge is 0.257 e. The van der Waals surface area contributed by atoms with Crippen molar-refractivity contribution in [3.63, 3.8) is 0 Å². The van der Waals surface area contributed by atoms with Crippen LogP contribution in [0.25, 0.3) is 0 Å². The molecule has 4 rings (SSSR count). The van der Waals surface area contributed by atoms with E-state index in [9.17, 15) is 19.2 Å². The van der Waals surface area contributed by atoms with Crippen molar-refractivity contribution in [3.8, 4) is 0 Å². The molecule has 0 saturated carbocycles. The van der Waals surface area contributed by atoms with E-state index in [-0.39, 0.29) is 24.7 Å². The van der Waals surface area contributed by atoms with E-state index in [1.165, 1.54) is 22.4 Å². The lowest BCUT2D eigenvalue weighted by Crippen LogP contribution is -2.69.